The topological polar surface area (TPSA) is 58.4 Å². The number of piperidine rings is 1. The molecule has 0 saturated carbocycles. The summed E-state index contributed by atoms with van der Waals surface area (Å²) in [5, 5.41) is 4.19. The van der Waals surface area contributed by atoms with E-state index >= 15 is 0 Å². The van der Waals surface area contributed by atoms with Crippen molar-refractivity contribution < 1.29 is 9.59 Å². The van der Waals surface area contributed by atoms with Crippen LogP contribution in [-0.2, 0) is 11.3 Å². The van der Waals surface area contributed by atoms with Gasteiger partial charge in [0.05, 0.1) is 11.8 Å². The van der Waals surface area contributed by atoms with Gasteiger partial charge >= 0.3 is 0 Å². The Morgan fingerprint density at radius 2 is 1.78 bits per heavy atom. The average molecular weight is 318 g/mol. The molecular formula is C17H26N4O2. The number of likely N-dealkylation sites (tertiary alicyclic amines) is 2. The van der Waals surface area contributed by atoms with Crippen molar-refractivity contribution in [3.63, 3.8) is 0 Å². The first-order chi connectivity index (χ1) is 11.1. The summed E-state index contributed by atoms with van der Waals surface area (Å²) in [5.41, 5.74) is 0.693. The van der Waals surface area contributed by atoms with Gasteiger partial charge in [-0.3, -0.25) is 14.3 Å². The third-order valence-electron chi connectivity index (χ3n) is 5.37. The summed E-state index contributed by atoms with van der Waals surface area (Å²) in [7, 11) is 0. The lowest BCUT2D eigenvalue weighted by atomic mass is 9.84. The van der Waals surface area contributed by atoms with Crippen LogP contribution in [0.3, 0.4) is 0 Å². The number of aromatic nitrogens is 2. The van der Waals surface area contributed by atoms with E-state index in [0.717, 1.165) is 52.0 Å². The van der Waals surface area contributed by atoms with Crippen LogP contribution in [-0.4, -0.2) is 57.6 Å². The van der Waals surface area contributed by atoms with Crippen molar-refractivity contribution >= 4 is 11.8 Å². The maximum absolute atomic E-state index is 12.6. The van der Waals surface area contributed by atoms with E-state index in [0.29, 0.717) is 17.4 Å². The number of aryl methyl sites for hydroxylation is 1. The SMILES string of the molecule is CCn1cc(C(=O)N2CCC(C3CCN(C(C)=O)CC3)C2)cn1. The average Bonchev–Trinajstić information content (AvgIpc) is 3.23. The van der Waals surface area contributed by atoms with Crippen LogP contribution in [0.2, 0.25) is 0 Å². The van der Waals surface area contributed by atoms with Gasteiger partial charge in [-0.05, 0) is 38.0 Å². The monoisotopic (exact) mass is 318 g/mol. The van der Waals surface area contributed by atoms with Crippen molar-refractivity contribution in [3.05, 3.63) is 18.0 Å². The van der Waals surface area contributed by atoms with Crippen molar-refractivity contribution in [2.24, 2.45) is 11.8 Å². The largest absolute Gasteiger partial charge is 0.343 e. The van der Waals surface area contributed by atoms with E-state index in [2.05, 4.69) is 5.10 Å². The lowest BCUT2D eigenvalue weighted by Gasteiger charge is -2.34. The molecule has 0 bridgehead atoms. The van der Waals surface area contributed by atoms with Gasteiger partial charge in [0.1, 0.15) is 0 Å². The molecule has 2 aliphatic rings. The molecule has 3 rings (SSSR count). The van der Waals surface area contributed by atoms with Crippen LogP contribution in [0.4, 0.5) is 0 Å². The Kier molecular flexibility index (Phi) is 4.68. The molecule has 0 aromatic carbocycles. The highest BCUT2D eigenvalue weighted by atomic mass is 16.2. The maximum atomic E-state index is 12.6. The molecule has 2 fully saturated rings. The second-order valence-electron chi connectivity index (χ2n) is 6.73. The molecule has 126 valence electrons. The van der Waals surface area contributed by atoms with Crippen LogP contribution in [0.5, 0.6) is 0 Å². The Bertz CT molecular complexity index is 575. The second kappa shape index (κ2) is 6.72. The fraction of sp³-hybridized carbons (Fsp3) is 0.706. The Hall–Kier alpha value is -1.85. The van der Waals surface area contributed by atoms with Gasteiger partial charge in [0.15, 0.2) is 0 Å². The second-order valence-corrected chi connectivity index (χ2v) is 6.73. The highest BCUT2D eigenvalue weighted by molar-refractivity contribution is 5.93. The number of carbonyl (C=O) groups excluding carboxylic acids is 2. The van der Waals surface area contributed by atoms with Gasteiger partial charge in [0.2, 0.25) is 5.91 Å². The van der Waals surface area contributed by atoms with E-state index in [9.17, 15) is 9.59 Å². The Morgan fingerprint density at radius 1 is 1.13 bits per heavy atom. The first-order valence-corrected chi connectivity index (χ1v) is 8.65. The molecule has 0 aliphatic carbocycles. The summed E-state index contributed by atoms with van der Waals surface area (Å²) < 4.78 is 1.79. The van der Waals surface area contributed by atoms with Crippen LogP contribution in [0.15, 0.2) is 12.4 Å². The molecule has 1 aromatic rings. The third-order valence-corrected chi connectivity index (χ3v) is 5.37. The minimum Gasteiger partial charge on any atom is -0.343 e. The smallest absolute Gasteiger partial charge is 0.257 e. The number of rotatable bonds is 3. The van der Waals surface area contributed by atoms with Crippen molar-refractivity contribution in [2.75, 3.05) is 26.2 Å². The zero-order chi connectivity index (χ0) is 16.4. The van der Waals surface area contributed by atoms with Crippen molar-refractivity contribution in [1.29, 1.82) is 0 Å². The summed E-state index contributed by atoms with van der Waals surface area (Å²) in [4.78, 5) is 27.9. The van der Waals surface area contributed by atoms with E-state index in [4.69, 9.17) is 0 Å². The number of carbonyl (C=O) groups is 2. The lowest BCUT2D eigenvalue weighted by molar-refractivity contribution is -0.130. The molecule has 23 heavy (non-hydrogen) atoms. The quantitative estimate of drug-likeness (QED) is 0.851. The van der Waals surface area contributed by atoms with Gasteiger partial charge in [-0.25, -0.2) is 0 Å². The van der Waals surface area contributed by atoms with Crippen LogP contribution in [0.25, 0.3) is 0 Å². The molecular weight excluding hydrogens is 292 g/mol. The molecule has 6 nitrogen and oxygen atoms in total. The highest BCUT2D eigenvalue weighted by Gasteiger charge is 2.34. The molecule has 1 atom stereocenters. The molecule has 2 saturated heterocycles. The normalized spacial score (nSPS) is 22.6. The summed E-state index contributed by atoms with van der Waals surface area (Å²) in [6.07, 6.45) is 6.73. The highest BCUT2D eigenvalue weighted by Crippen LogP contribution is 2.32. The maximum Gasteiger partial charge on any atom is 0.257 e. The molecule has 1 unspecified atom stereocenters. The summed E-state index contributed by atoms with van der Waals surface area (Å²) in [6, 6.07) is 0. The molecule has 2 aliphatic heterocycles. The molecule has 1 aromatic heterocycles. The molecule has 0 N–H and O–H groups in total. The van der Waals surface area contributed by atoms with Crippen LogP contribution < -0.4 is 0 Å². The van der Waals surface area contributed by atoms with E-state index in [1.165, 1.54) is 0 Å². The van der Waals surface area contributed by atoms with Gasteiger partial charge in [0.25, 0.3) is 5.91 Å². The third kappa shape index (κ3) is 3.41. The Balaban J connectivity index is 1.54. The first kappa shape index (κ1) is 16.0. The molecule has 3 heterocycles. The predicted molar refractivity (Wildman–Crippen MR) is 86.9 cm³/mol. The van der Waals surface area contributed by atoms with Gasteiger partial charge < -0.3 is 9.80 Å². The number of hydrogen-bond acceptors (Lipinski definition) is 3. The van der Waals surface area contributed by atoms with Crippen LogP contribution in [0.1, 0.15) is 43.5 Å². The van der Waals surface area contributed by atoms with Crippen molar-refractivity contribution in [1.82, 2.24) is 19.6 Å². The van der Waals surface area contributed by atoms with E-state index in [1.54, 1.807) is 17.8 Å². The summed E-state index contributed by atoms with van der Waals surface area (Å²) in [6.45, 7) is 7.87. The summed E-state index contributed by atoms with van der Waals surface area (Å²) in [5.74, 6) is 1.50. The number of hydrogen-bond donors (Lipinski definition) is 0. The minimum absolute atomic E-state index is 0.105. The fourth-order valence-electron chi connectivity index (χ4n) is 3.87. The van der Waals surface area contributed by atoms with Crippen LogP contribution >= 0.6 is 0 Å². The van der Waals surface area contributed by atoms with E-state index in [-0.39, 0.29) is 11.8 Å². The fourth-order valence-corrected chi connectivity index (χ4v) is 3.87. The molecule has 0 spiro atoms. The van der Waals surface area contributed by atoms with Crippen LogP contribution in [0, 0.1) is 11.8 Å². The molecule has 2 amide bonds. The van der Waals surface area contributed by atoms with Gasteiger partial charge in [-0.1, -0.05) is 0 Å². The first-order valence-electron chi connectivity index (χ1n) is 8.65. The van der Waals surface area contributed by atoms with Gasteiger partial charge in [-0.15, -0.1) is 0 Å². The number of amides is 2. The van der Waals surface area contributed by atoms with Gasteiger partial charge in [-0.2, -0.15) is 5.10 Å². The lowest BCUT2D eigenvalue weighted by Crippen LogP contribution is -2.39. The Labute approximate surface area is 137 Å². The van der Waals surface area contributed by atoms with Crippen molar-refractivity contribution in [3.8, 4) is 0 Å². The van der Waals surface area contributed by atoms with E-state index in [1.807, 2.05) is 22.9 Å². The molecule has 6 heteroatoms. The van der Waals surface area contributed by atoms with Gasteiger partial charge in [0, 0.05) is 45.8 Å². The molecule has 0 radical (unpaired) electrons. The van der Waals surface area contributed by atoms with E-state index < -0.39 is 0 Å². The zero-order valence-corrected chi connectivity index (χ0v) is 14.1. The standard InChI is InChI=1S/C17H26N4O2/c1-3-21-12-16(10-18-21)17(23)20-9-6-15(11-20)14-4-7-19(8-5-14)13(2)22/h10,12,14-15H,3-9,11H2,1-2H3. The summed E-state index contributed by atoms with van der Waals surface area (Å²) >= 11 is 0. The zero-order valence-electron chi connectivity index (χ0n) is 14.1. The minimum atomic E-state index is 0.105. The van der Waals surface area contributed by atoms with Crippen molar-refractivity contribution in [2.45, 2.75) is 39.7 Å². The Morgan fingerprint density at radius 3 is 2.39 bits per heavy atom. The number of nitrogens with zero attached hydrogens (tertiary/aromatic N) is 4. The predicted octanol–water partition coefficient (Wildman–Crippen LogP) is 1.62.